The fraction of sp³-hybridized carbons (Fsp3) is 0.0667. The van der Waals surface area contributed by atoms with Gasteiger partial charge in [-0.2, -0.15) is 0 Å². The largest absolute Gasteiger partial charge is 0.323 e. The lowest BCUT2D eigenvalue weighted by atomic mass is 10.1. The molecular weight excluding hydrogens is 350 g/mol. The van der Waals surface area contributed by atoms with E-state index in [-0.39, 0.29) is 11.0 Å². The van der Waals surface area contributed by atoms with Crippen LogP contribution in [0.5, 0.6) is 0 Å². The van der Waals surface area contributed by atoms with Crippen LogP contribution in [-0.4, -0.2) is 11.0 Å². The topological polar surface area (TPSA) is 79.0 Å². The van der Waals surface area contributed by atoms with E-state index < -0.39 is 4.87 Å². The number of nitrogens with one attached hydrogen (secondary N) is 2. The zero-order chi connectivity index (χ0) is 15.0. The van der Waals surface area contributed by atoms with Gasteiger partial charge in [0.25, 0.3) is 5.91 Å². The Morgan fingerprint density at radius 3 is 2.67 bits per heavy atom. The number of benzene rings is 2. The van der Waals surface area contributed by atoms with Crippen LogP contribution in [0.2, 0.25) is 0 Å². The lowest BCUT2D eigenvalue weighted by Crippen LogP contribution is -2.41. The standard InChI is InChI=1S/C15H12BrN3OS/c16-10-6-7-12-11(8-10)15(18,14(20)19-12)21-13(17)9-4-2-1-3-5-9/h1-8,17H,18H2,(H,19,20)/t15-/m1/s1. The molecule has 4 nitrogen and oxygen atoms in total. The number of thioether (sulfide) groups is 1. The third-order valence-corrected chi connectivity index (χ3v) is 4.93. The fourth-order valence-electron chi connectivity index (χ4n) is 2.18. The summed E-state index contributed by atoms with van der Waals surface area (Å²) in [5, 5.41) is 11.2. The van der Waals surface area contributed by atoms with Crippen molar-refractivity contribution in [1.82, 2.24) is 0 Å². The number of rotatable bonds is 2. The van der Waals surface area contributed by atoms with Crippen molar-refractivity contribution in [3.63, 3.8) is 0 Å². The molecule has 0 fully saturated rings. The van der Waals surface area contributed by atoms with Crippen LogP contribution in [0.1, 0.15) is 11.1 Å². The minimum absolute atomic E-state index is 0.265. The molecule has 0 saturated heterocycles. The molecule has 1 aliphatic rings. The van der Waals surface area contributed by atoms with E-state index in [0.29, 0.717) is 11.3 Å². The summed E-state index contributed by atoms with van der Waals surface area (Å²) in [7, 11) is 0. The average Bonchev–Trinajstić information content (AvgIpc) is 2.72. The van der Waals surface area contributed by atoms with Crippen molar-refractivity contribution in [3.05, 3.63) is 64.1 Å². The summed E-state index contributed by atoms with van der Waals surface area (Å²) < 4.78 is 0.847. The molecule has 0 saturated carbocycles. The molecule has 1 atom stereocenters. The highest BCUT2D eigenvalue weighted by Gasteiger charge is 2.45. The Kier molecular flexibility index (Phi) is 3.61. The minimum Gasteiger partial charge on any atom is -0.323 e. The normalized spacial score (nSPS) is 20.0. The van der Waals surface area contributed by atoms with E-state index in [1.54, 1.807) is 6.07 Å². The zero-order valence-corrected chi connectivity index (χ0v) is 13.3. The van der Waals surface area contributed by atoms with E-state index in [9.17, 15) is 4.79 Å². The Hall–Kier alpha value is -1.63. The van der Waals surface area contributed by atoms with Gasteiger partial charge in [-0.25, -0.2) is 0 Å². The quantitative estimate of drug-likeness (QED) is 0.436. The summed E-state index contributed by atoms with van der Waals surface area (Å²) in [6.07, 6.45) is 0. The monoisotopic (exact) mass is 361 g/mol. The number of fused-ring (bicyclic) bond motifs is 1. The number of carbonyl (C=O) groups is 1. The number of hydrogen-bond acceptors (Lipinski definition) is 4. The van der Waals surface area contributed by atoms with Crippen molar-refractivity contribution in [2.24, 2.45) is 5.73 Å². The first kappa shape index (κ1) is 14.3. The summed E-state index contributed by atoms with van der Waals surface area (Å²) in [4.78, 5) is 11.0. The van der Waals surface area contributed by atoms with Crippen LogP contribution in [-0.2, 0) is 9.67 Å². The maximum Gasteiger partial charge on any atom is 0.260 e. The molecule has 0 bridgehead atoms. The molecule has 0 radical (unpaired) electrons. The highest BCUT2D eigenvalue weighted by atomic mass is 79.9. The lowest BCUT2D eigenvalue weighted by molar-refractivity contribution is -0.117. The highest BCUT2D eigenvalue weighted by molar-refractivity contribution is 9.10. The minimum atomic E-state index is -1.29. The molecule has 6 heteroatoms. The van der Waals surface area contributed by atoms with Crippen LogP contribution in [0.3, 0.4) is 0 Å². The van der Waals surface area contributed by atoms with Crippen LogP contribution in [0, 0.1) is 5.41 Å². The maximum absolute atomic E-state index is 12.3. The second kappa shape index (κ2) is 5.29. The molecule has 0 unspecified atom stereocenters. The first-order valence-electron chi connectivity index (χ1n) is 6.24. The second-order valence-corrected chi connectivity index (χ2v) is 6.85. The molecule has 1 amide bonds. The Morgan fingerprint density at radius 2 is 1.95 bits per heavy atom. The Labute approximate surface area is 134 Å². The third kappa shape index (κ3) is 2.50. The average molecular weight is 362 g/mol. The zero-order valence-electron chi connectivity index (χ0n) is 10.9. The van der Waals surface area contributed by atoms with E-state index >= 15 is 0 Å². The molecule has 21 heavy (non-hydrogen) atoms. The molecule has 2 aromatic rings. The van der Waals surface area contributed by atoms with E-state index in [1.807, 2.05) is 42.5 Å². The number of halogens is 1. The van der Waals surface area contributed by atoms with Crippen LogP contribution in [0.25, 0.3) is 0 Å². The fourth-order valence-corrected chi connectivity index (χ4v) is 3.54. The Bertz CT molecular complexity index is 735. The first-order chi connectivity index (χ1) is 10.0. The second-order valence-electron chi connectivity index (χ2n) is 4.68. The summed E-state index contributed by atoms with van der Waals surface area (Å²) in [6, 6.07) is 14.7. The molecule has 3 rings (SSSR count). The first-order valence-corrected chi connectivity index (χ1v) is 7.85. The van der Waals surface area contributed by atoms with Crippen molar-refractivity contribution >= 4 is 44.3 Å². The van der Waals surface area contributed by atoms with Crippen LogP contribution >= 0.6 is 27.7 Å². The van der Waals surface area contributed by atoms with Crippen molar-refractivity contribution in [2.75, 3.05) is 5.32 Å². The van der Waals surface area contributed by atoms with Gasteiger partial charge in [-0.05, 0) is 18.2 Å². The predicted octanol–water partition coefficient (Wildman–Crippen LogP) is 3.27. The highest BCUT2D eigenvalue weighted by Crippen LogP contribution is 2.44. The molecule has 4 N–H and O–H groups in total. The summed E-state index contributed by atoms with van der Waals surface area (Å²) in [6.45, 7) is 0. The predicted molar refractivity (Wildman–Crippen MR) is 89.5 cm³/mol. The van der Waals surface area contributed by atoms with E-state index in [1.165, 1.54) is 0 Å². The van der Waals surface area contributed by atoms with Crippen molar-refractivity contribution in [3.8, 4) is 0 Å². The van der Waals surface area contributed by atoms with Gasteiger partial charge < -0.3 is 11.1 Å². The van der Waals surface area contributed by atoms with Gasteiger partial charge in [0.15, 0.2) is 4.87 Å². The van der Waals surface area contributed by atoms with Crippen molar-refractivity contribution in [1.29, 1.82) is 5.41 Å². The molecule has 2 aromatic carbocycles. The van der Waals surface area contributed by atoms with Gasteiger partial charge in [0.1, 0.15) is 0 Å². The third-order valence-electron chi connectivity index (χ3n) is 3.27. The van der Waals surface area contributed by atoms with Gasteiger partial charge in [-0.3, -0.25) is 10.2 Å². The molecule has 0 aliphatic carbocycles. The molecule has 0 spiro atoms. The smallest absolute Gasteiger partial charge is 0.260 e. The maximum atomic E-state index is 12.3. The van der Waals surface area contributed by atoms with Crippen LogP contribution in [0.15, 0.2) is 53.0 Å². The van der Waals surface area contributed by atoms with Gasteiger partial charge in [-0.15, -0.1) is 0 Å². The van der Waals surface area contributed by atoms with E-state index in [4.69, 9.17) is 11.1 Å². The molecule has 0 aromatic heterocycles. The van der Waals surface area contributed by atoms with Crippen molar-refractivity contribution < 1.29 is 4.79 Å². The van der Waals surface area contributed by atoms with Crippen molar-refractivity contribution in [2.45, 2.75) is 4.87 Å². The van der Waals surface area contributed by atoms with E-state index in [0.717, 1.165) is 21.8 Å². The van der Waals surface area contributed by atoms with Crippen LogP contribution < -0.4 is 11.1 Å². The number of anilines is 1. The van der Waals surface area contributed by atoms with Gasteiger partial charge >= 0.3 is 0 Å². The van der Waals surface area contributed by atoms with Gasteiger partial charge in [0.05, 0.1) is 5.04 Å². The lowest BCUT2D eigenvalue weighted by Gasteiger charge is -2.22. The Morgan fingerprint density at radius 1 is 1.24 bits per heavy atom. The van der Waals surface area contributed by atoms with Gasteiger partial charge in [-0.1, -0.05) is 58.0 Å². The number of hydrogen-bond donors (Lipinski definition) is 3. The number of carbonyl (C=O) groups excluding carboxylic acids is 1. The number of nitrogens with two attached hydrogens (primary N) is 1. The molecular formula is C15H12BrN3OS. The van der Waals surface area contributed by atoms with Gasteiger partial charge in [0.2, 0.25) is 0 Å². The van der Waals surface area contributed by atoms with Crippen LogP contribution in [0.4, 0.5) is 5.69 Å². The SMILES string of the molecule is N=C(S[C@@]1(N)C(=O)Nc2ccc(Br)cc21)c1ccccc1. The summed E-state index contributed by atoms with van der Waals surface area (Å²) in [5.74, 6) is -0.304. The number of amides is 1. The van der Waals surface area contributed by atoms with E-state index in [2.05, 4.69) is 21.2 Å². The molecule has 106 valence electrons. The summed E-state index contributed by atoms with van der Waals surface area (Å²) in [5.41, 5.74) is 8.43. The summed E-state index contributed by atoms with van der Waals surface area (Å²) >= 11 is 4.44. The Balaban J connectivity index is 1.97. The van der Waals surface area contributed by atoms with Gasteiger partial charge in [0, 0.05) is 21.3 Å². The molecule has 1 heterocycles. The molecule has 1 aliphatic heterocycles.